The Hall–Kier alpha value is -3.10. The maximum absolute atomic E-state index is 13.5. The van der Waals surface area contributed by atoms with Gasteiger partial charge in [0.25, 0.3) is 0 Å². The molecule has 1 unspecified atom stereocenters. The quantitative estimate of drug-likeness (QED) is 0.263. The van der Waals surface area contributed by atoms with Gasteiger partial charge in [0.05, 0.1) is 22.9 Å². The minimum Gasteiger partial charge on any atom is -0.339 e. The van der Waals surface area contributed by atoms with Gasteiger partial charge in [-0.15, -0.1) is 0 Å². The van der Waals surface area contributed by atoms with Crippen LogP contribution in [0, 0.1) is 0 Å². The van der Waals surface area contributed by atoms with E-state index in [0.717, 1.165) is 59.9 Å². The van der Waals surface area contributed by atoms with Crippen molar-refractivity contribution >= 4 is 38.5 Å². The standard InChI is InChI=1S/C32H39N5O2S/c1-2-3-6-17-36(29-13-7-9-24-10-8-15-34-31(24)29)22-27-32-26(14-16-33-27)25-11-4-5-12-28(25)37(32)23-30(38)35-18-20-40(39)21-19-35/h4-5,8,10-12,14-16,29H,2-3,6-7,9,13,17-23H2,1H3. The topological polar surface area (TPSA) is 71.3 Å². The van der Waals surface area contributed by atoms with Crippen LogP contribution in [0.4, 0.5) is 0 Å². The van der Waals surface area contributed by atoms with Crippen LogP contribution >= 0.6 is 0 Å². The molecule has 1 aliphatic heterocycles. The smallest absolute Gasteiger partial charge is 0.242 e. The summed E-state index contributed by atoms with van der Waals surface area (Å²) >= 11 is 0. The lowest BCUT2D eigenvalue weighted by molar-refractivity contribution is -0.131. The third-order valence-electron chi connectivity index (χ3n) is 8.59. The number of benzene rings is 1. The molecule has 1 saturated heterocycles. The van der Waals surface area contributed by atoms with Crippen molar-refractivity contribution in [2.45, 2.75) is 64.6 Å². The molecule has 0 radical (unpaired) electrons. The number of fused-ring (bicyclic) bond motifs is 4. The van der Waals surface area contributed by atoms with Crippen LogP contribution in [0.5, 0.6) is 0 Å². The molecule has 0 saturated carbocycles. The van der Waals surface area contributed by atoms with Gasteiger partial charge in [-0.3, -0.25) is 23.9 Å². The van der Waals surface area contributed by atoms with Gasteiger partial charge in [-0.1, -0.05) is 44.0 Å². The van der Waals surface area contributed by atoms with E-state index in [0.29, 0.717) is 24.6 Å². The van der Waals surface area contributed by atoms with Gasteiger partial charge < -0.3 is 9.47 Å². The Labute approximate surface area is 239 Å². The number of pyridine rings is 2. The highest BCUT2D eigenvalue weighted by molar-refractivity contribution is 7.85. The number of amides is 1. The predicted molar refractivity (Wildman–Crippen MR) is 162 cm³/mol. The summed E-state index contributed by atoms with van der Waals surface area (Å²) in [5, 5.41) is 2.29. The average Bonchev–Trinajstić information content (AvgIpc) is 3.31. The lowest BCUT2D eigenvalue weighted by Crippen LogP contribution is -2.43. The molecule has 0 bridgehead atoms. The van der Waals surface area contributed by atoms with Crippen LogP contribution in [-0.2, 0) is 35.1 Å². The largest absolute Gasteiger partial charge is 0.339 e. The van der Waals surface area contributed by atoms with Gasteiger partial charge in [0, 0.05) is 70.6 Å². The molecule has 40 heavy (non-hydrogen) atoms. The first kappa shape index (κ1) is 27.1. The molecule has 7 nitrogen and oxygen atoms in total. The van der Waals surface area contributed by atoms with Crippen LogP contribution in [-0.4, -0.2) is 65.6 Å². The number of carbonyl (C=O) groups excluding carboxylic acids is 1. The van der Waals surface area contributed by atoms with Crippen LogP contribution in [0.25, 0.3) is 21.8 Å². The summed E-state index contributed by atoms with van der Waals surface area (Å²) in [4.78, 5) is 27.8. The Bertz CT molecular complexity index is 1520. The Morgan fingerprint density at radius 2 is 1.88 bits per heavy atom. The number of para-hydroxylation sites is 1. The fourth-order valence-electron chi connectivity index (χ4n) is 6.52. The van der Waals surface area contributed by atoms with Gasteiger partial charge >= 0.3 is 0 Å². The molecule has 8 heteroatoms. The molecule has 3 aromatic heterocycles. The molecular formula is C32H39N5O2S. The van der Waals surface area contributed by atoms with Crippen LogP contribution in [0.3, 0.4) is 0 Å². The molecule has 210 valence electrons. The molecule has 2 aliphatic rings. The van der Waals surface area contributed by atoms with Gasteiger partial charge in [-0.05, 0) is 56.0 Å². The van der Waals surface area contributed by atoms with Crippen molar-refractivity contribution in [1.29, 1.82) is 0 Å². The van der Waals surface area contributed by atoms with Gasteiger partial charge in [-0.25, -0.2) is 0 Å². The van der Waals surface area contributed by atoms with E-state index in [9.17, 15) is 9.00 Å². The number of carbonyl (C=O) groups is 1. The SMILES string of the molecule is CCCCCN(Cc1nccc2c3ccccc3n(CC(=O)N3CCS(=O)CC3)c12)C1CCCc2cccnc21. The second-order valence-corrected chi connectivity index (χ2v) is 12.8. The lowest BCUT2D eigenvalue weighted by Gasteiger charge is -2.35. The first-order valence-corrected chi connectivity index (χ1v) is 16.3. The first-order chi connectivity index (χ1) is 19.6. The van der Waals surface area contributed by atoms with Crippen molar-refractivity contribution in [1.82, 2.24) is 24.3 Å². The fourth-order valence-corrected chi connectivity index (χ4v) is 7.57. The van der Waals surface area contributed by atoms with E-state index in [-0.39, 0.29) is 18.5 Å². The maximum Gasteiger partial charge on any atom is 0.242 e. The predicted octanol–water partition coefficient (Wildman–Crippen LogP) is 5.25. The highest BCUT2D eigenvalue weighted by Gasteiger charge is 2.29. The highest BCUT2D eigenvalue weighted by atomic mass is 32.2. The van der Waals surface area contributed by atoms with Crippen LogP contribution in [0.2, 0.25) is 0 Å². The molecule has 1 fully saturated rings. The molecule has 6 rings (SSSR count). The average molecular weight is 558 g/mol. The number of hydrogen-bond donors (Lipinski definition) is 0. The van der Waals surface area contributed by atoms with Crippen LogP contribution in [0.1, 0.15) is 62.0 Å². The first-order valence-electron chi connectivity index (χ1n) is 14.8. The minimum absolute atomic E-state index is 0.0827. The van der Waals surface area contributed by atoms with Gasteiger partial charge in [0.2, 0.25) is 5.91 Å². The molecule has 0 N–H and O–H groups in total. The van der Waals surface area contributed by atoms with Crippen molar-refractivity contribution in [2.75, 3.05) is 31.1 Å². The maximum atomic E-state index is 13.5. The van der Waals surface area contributed by atoms with Crippen molar-refractivity contribution in [3.05, 3.63) is 71.8 Å². The fraction of sp³-hybridized carbons (Fsp3) is 0.469. The summed E-state index contributed by atoms with van der Waals surface area (Å²) in [6, 6.07) is 15.0. The van der Waals surface area contributed by atoms with E-state index in [1.807, 2.05) is 23.4 Å². The third-order valence-corrected chi connectivity index (χ3v) is 9.86. The van der Waals surface area contributed by atoms with Crippen molar-refractivity contribution < 1.29 is 9.00 Å². The zero-order valence-electron chi connectivity index (χ0n) is 23.4. The number of rotatable bonds is 9. The van der Waals surface area contributed by atoms with Crippen LogP contribution < -0.4 is 0 Å². The van der Waals surface area contributed by atoms with E-state index in [2.05, 4.69) is 52.8 Å². The normalized spacial score (nSPS) is 18.1. The Morgan fingerprint density at radius 1 is 1.02 bits per heavy atom. The second kappa shape index (κ2) is 12.2. The Kier molecular flexibility index (Phi) is 8.25. The van der Waals surface area contributed by atoms with E-state index < -0.39 is 10.8 Å². The number of hydrogen-bond acceptors (Lipinski definition) is 5. The number of nitrogens with zero attached hydrogens (tertiary/aromatic N) is 5. The highest BCUT2D eigenvalue weighted by Crippen LogP contribution is 2.36. The summed E-state index contributed by atoms with van der Waals surface area (Å²) in [5.74, 6) is 1.21. The van der Waals surface area contributed by atoms with Gasteiger partial charge in [-0.2, -0.15) is 0 Å². The van der Waals surface area contributed by atoms with Crippen molar-refractivity contribution in [2.24, 2.45) is 0 Å². The Morgan fingerprint density at radius 3 is 2.73 bits per heavy atom. The number of aryl methyl sites for hydroxylation is 1. The van der Waals surface area contributed by atoms with Crippen LogP contribution in [0.15, 0.2) is 54.9 Å². The van der Waals surface area contributed by atoms with E-state index in [1.165, 1.54) is 30.5 Å². The zero-order valence-corrected chi connectivity index (χ0v) is 24.2. The number of unbranched alkanes of at least 4 members (excludes halogenated alkanes) is 2. The molecule has 1 amide bonds. The van der Waals surface area contributed by atoms with E-state index in [1.54, 1.807) is 0 Å². The monoisotopic (exact) mass is 557 g/mol. The van der Waals surface area contributed by atoms with E-state index >= 15 is 0 Å². The molecule has 0 spiro atoms. The summed E-state index contributed by atoms with van der Waals surface area (Å²) in [6.45, 7) is 5.35. The summed E-state index contributed by atoms with van der Waals surface area (Å²) in [5.41, 5.74) is 5.71. The number of aromatic nitrogens is 3. The van der Waals surface area contributed by atoms with Gasteiger partial charge in [0.15, 0.2) is 0 Å². The molecule has 1 aliphatic carbocycles. The van der Waals surface area contributed by atoms with Crippen molar-refractivity contribution in [3.8, 4) is 0 Å². The third kappa shape index (κ3) is 5.44. The van der Waals surface area contributed by atoms with Gasteiger partial charge in [0.1, 0.15) is 6.54 Å². The molecular weight excluding hydrogens is 518 g/mol. The molecule has 1 aromatic carbocycles. The summed E-state index contributed by atoms with van der Waals surface area (Å²) < 4.78 is 14.1. The zero-order chi connectivity index (χ0) is 27.5. The summed E-state index contributed by atoms with van der Waals surface area (Å²) in [7, 11) is -0.815. The summed E-state index contributed by atoms with van der Waals surface area (Å²) in [6.07, 6.45) is 10.7. The van der Waals surface area contributed by atoms with E-state index in [4.69, 9.17) is 9.97 Å². The minimum atomic E-state index is -0.815. The molecule has 4 aromatic rings. The molecule has 1 atom stereocenters. The molecule has 4 heterocycles. The lowest BCUT2D eigenvalue weighted by atomic mass is 9.90. The second-order valence-electron chi connectivity index (χ2n) is 11.1. The Balaban J connectivity index is 1.39. The van der Waals surface area contributed by atoms with Crippen molar-refractivity contribution in [3.63, 3.8) is 0 Å².